The Kier molecular flexibility index (Phi) is 7.16. The van der Waals surface area contributed by atoms with Crippen LogP contribution in [0.4, 0.5) is 0 Å². The number of hydrogen-bond donors (Lipinski definition) is 0. The van der Waals surface area contributed by atoms with Gasteiger partial charge in [-0.3, -0.25) is 0 Å². The molecule has 0 unspecified atom stereocenters. The maximum absolute atomic E-state index is 7.31. The summed E-state index contributed by atoms with van der Waals surface area (Å²) in [4.78, 5) is 0. The van der Waals surface area contributed by atoms with Crippen molar-refractivity contribution < 1.29 is 0 Å². The van der Waals surface area contributed by atoms with E-state index in [1.54, 1.807) is 0 Å². The first kappa shape index (κ1) is 21.6. The average Bonchev–Trinajstić information content (AvgIpc) is 1.88. The van der Waals surface area contributed by atoms with E-state index in [1.807, 2.05) is 0 Å². The molecule has 20 heavy (non-hydrogen) atoms. The fraction of sp³-hybridized carbons (Fsp3) is 1.00. The van der Waals surface area contributed by atoms with Gasteiger partial charge in [-0.15, -0.1) is 0 Å². The van der Waals surface area contributed by atoms with Crippen molar-refractivity contribution in [1.29, 1.82) is 0 Å². The standard InChI is InChI=1S/C12H36ClGeN2Si4/c1-17(2,3)15(18(4,5)6)14(13)16(19(7,8)9)20(10,11)12/h1-12H3. The summed E-state index contributed by atoms with van der Waals surface area (Å²) in [5, 5.41) is 0. The van der Waals surface area contributed by atoms with Crippen LogP contribution in [0.15, 0.2) is 0 Å². The van der Waals surface area contributed by atoms with Crippen LogP contribution in [0.25, 0.3) is 0 Å². The van der Waals surface area contributed by atoms with Crippen molar-refractivity contribution in [2.24, 2.45) is 0 Å². The van der Waals surface area contributed by atoms with Crippen molar-refractivity contribution in [3.8, 4) is 0 Å². The van der Waals surface area contributed by atoms with E-state index in [0.29, 0.717) is 0 Å². The summed E-state index contributed by atoms with van der Waals surface area (Å²) in [6, 6.07) is 0. The molecular weight excluding hydrogens is 393 g/mol. The zero-order valence-corrected chi connectivity index (χ0v) is 22.6. The Morgan fingerprint density at radius 1 is 0.500 bits per heavy atom. The summed E-state index contributed by atoms with van der Waals surface area (Å²) in [6.45, 7) is 29.8. The second-order valence-corrected chi connectivity index (χ2v) is 38.2. The second kappa shape index (κ2) is 6.62. The molecule has 0 saturated heterocycles. The Bertz CT molecular complexity index is 268. The van der Waals surface area contributed by atoms with Gasteiger partial charge in [0.2, 0.25) is 0 Å². The predicted molar refractivity (Wildman–Crippen MR) is 109 cm³/mol. The summed E-state index contributed by atoms with van der Waals surface area (Å²) in [6.07, 6.45) is 0. The van der Waals surface area contributed by atoms with Gasteiger partial charge in [-0.1, -0.05) is 0 Å². The van der Waals surface area contributed by atoms with Crippen molar-refractivity contribution in [2.75, 3.05) is 0 Å². The van der Waals surface area contributed by atoms with E-state index in [0.717, 1.165) is 0 Å². The van der Waals surface area contributed by atoms with Crippen LogP contribution in [0, 0.1) is 0 Å². The van der Waals surface area contributed by atoms with Crippen molar-refractivity contribution >= 4 is 56.8 Å². The van der Waals surface area contributed by atoms with E-state index in [-0.39, 0.29) is 0 Å². The second-order valence-electron chi connectivity index (χ2n) is 9.62. The molecule has 0 N–H and O–H groups in total. The molecule has 0 fully saturated rings. The van der Waals surface area contributed by atoms with E-state index < -0.39 is 46.8 Å². The van der Waals surface area contributed by atoms with Gasteiger partial charge in [0.05, 0.1) is 0 Å². The van der Waals surface area contributed by atoms with E-state index in [1.165, 1.54) is 0 Å². The summed E-state index contributed by atoms with van der Waals surface area (Å²) >= 11 is -1.87. The summed E-state index contributed by atoms with van der Waals surface area (Å²) in [7, 11) is 1.85. The van der Waals surface area contributed by atoms with Crippen LogP contribution < -0.4 is 0 Å². The van der Waals surface area contributed by atoms with Gasteiger partial charge in [0.1, 0.15) is 0 Å². The van der Waals surface area contributed by atoms with Crippen LogP contribution in [0.5, 0.6) is 0 Å². The Morgan fingerprint density at radius 3 is 0.750 bits per heavy atom. The first-order valence-corrected chi connectivity index (χ1v) is 26.0. The Hall–Kier alpha value is 1.62. The summed E-state index contributed by atoms with van der Waals surface area (Å²) in [5.41, 5.74) is 0. The quantitative estimate of drug-likeness (QED) is 0.540. The summed E-state index contributed by atoms with van der Waals surface area (Å²) < 4.78 is 5.83. The van der Waals surface area contributed by atoms with Gasteiger partial charge in [0.25, 0.3) is 0 Å². The molecule has 0 saturated carbocycles. The van der Waals surface area contributed by atoms with E-state index >= 15 is 0 Å². The maximum atomic E-state index is 7.31. The van der Waals surface area contributed by atoms with Crippen molar-refractivity contribution in [2.45, 2.75) is 78.6 Å². The minimum absolute atomic E-state index is 1.37. The molecule has 0 aliphatic rings. The third-order valence-corrected chi connectivity index (χ3v) is 44.0. The molecule has 0 rings (SSSR count). The van der Waals surface area contributed by atoms with Crippen LogP contribution in [0.3, 0.4) is 0 Å². The first-order valence-electron chi connectivity index (χ1n) is 7.53. The minimum atomic E-state index is -1.87. The van der Waals surface area contributed by atoms with Gasteiger partial charge in [0, 0.05) is 0 Å². The molecule has 0 aromatic heterocycles. The number of halogens is 1. The van der Waals surface area contributed by atoms with Crippen LogP contribution >= 0.6 is 10.0 Å². The molecule has 0 aliphatic carbocycles. The number of hydrogen-bond acceptors (Lipinski definition) is 2. The van der Waals surface area contributed by atoms with Crippen LogP contribution in [0.2, 0.25) is 78.6 Å². The summed E-state index contributed by atoms with van der Waals surface area (Å²) in [5.74, 6) is 0. The molecule has 0 atom stereocenters. The Balaban J connectivity index is 5.81. The zero-order valence-electron chi connectivity index (χ0n) is 15.8. The fourth-order valence-corrected chi connectivity index (χ4v) is 55.9. The molecule has 0 heterocycles. The van der Waals surface area contributed by atoms with Crippen LogP contribution in [-0.2, 0) is 0 Å². The SMILES string of the molecule is C[Si](C)(C)[N]([Ge]([Cl])[N]([Si](C)(C)C)[Si](C)(C)C)[Si](C)(C)C. The fourth-order valence-electron chi connectivity index (χ4n) is 3.22. The third-order valence-electron chi connectivity index (χ3n) is 3.05. The zero-order chi connectivity index (χ0) is 16.7. The molecular formula is C12H36ClGeN2Si4. The van der Waals surface area contributed by atoms with Gasteiger partial charge in [-0.2, -0.15) is 0 Å². The average molecular weight is 429 g/mol. The molecule has 0 aliphatic heterocycles. The molecule has 0 bridgehead atoms. The van der Waals surface area contributed by atoms with Gasteiger partial charge in [-0.25, -0.2) is 0 Å². The predicted octanol–water partition coefficient (Wildman–Crippen LogP) is 5.15. The molecule has 0 amide bonds. The Labute approximate surface area is 141 Å². The van der Waals surface area contributed by atoms with Gasteiger partial charge >= 0.3 is 142 Å². The first-order chi connectivity index (χ1) is 8.40. The topological polar surface area (TPSA) is 6.48 Å². The normalized spacial score (nSPS) is 15.6. The number of nitrogens with zero attached hydrogens (tertiary/aromatic N) is 2. The Morgan fingerprint density at radius 2 is 0.650 bits per heavy atom. The van der Waals surface area contributed by atoms with Crippen LogP contribution in [-0.4, -0.2) is 53.2 Å². The van der Waals surface area contributed by atoms with E-state index in [4.69, 9.17) is 10.0 Å². The molecule has 121 valence electrons. The third kappa shape index (κ3) is 6.02. The van der Waals surface area contributed by atoms with Crippen molar-refractivity contribution in [3.05, 3.63) is 0 Å². The monoisotopic (exact) mass is 429 g/mol. The van der Waals surface area contributed by atoms with E-state index in [2.05, 4.69) is 84.9 Å². The molecule has 8 heteroatoms. The van der Waals surface area contributed by atoms with Gasteiger partial charge in [-0.05, 0) is 0 Å². The van der Waals surface area contributed by atoms with Gasteiger partial charge in [0.15, 0.2) is 0 Å². The van der Waals surface area contributed by atoms with Crippen molar-refractivity contribution in [3.63, 3.8) is 0 Å². The van der Waals surface area contributed by atoms with Crippen molar-refractivity contribution in [1.82, 2.24) is 6.38 Å². The molecule has 1 radical (unpaired) electrons. The van der Waals surface area contributed by atoms with Gasteiger partial charge < -0.3 is 0 Å². The molecule has 0 aromatic rings. The number of rotatable bonds is 6. The van der Waals surface area contributed by atoms with Crippen LogP contribution in [0.1, 0.15) is 0 Å². The van der Waals surface area contributed by atoms with E-state index in [9.17, 15) is 0 Å². The molecule has 0 aromatic carbocycles. The molecule has 2 nitrogen and oxygen atoms in total. The molecule has 0 spiro atoms.